The van der Waals surface area contributed by atoms with Crippen LogP contribution in [0.25, 0.3) is 0 Å². The van der Waals surface area contributed by atoms with Gasteiger partial charge in [-0.3, -0.25) is 9.59 Å². The van der Waals surface area contributed by atoms with Crippen LogP contribution in [0.4, 0.5) is 4.39 Å². The summed E-state index contributed by atoms with van der Waals surface area (Å²) in [5.74, 6) is -0.700. The minimum Gasteiger partial charge on any atom is -0.352 e. The summed E-state index contributed by atoms with van der Waals surface area (Å²) < 4.78 is 13.2. The molecule has 0 bridgehead atoms. The molecule has 0 heterocycles. The Morgan fingerprint density at radius 2 is 1.61 bits per heavy atom. The summed E-state index contributed by atoms with van der Waals surface area (Å²) >= 11 is 5.91. The molecule has 0 aliphatic carbocycles. The molecule has 1 atom stereocenters. The van der Waals surface area contributed by atoms with Crippen LogP contribution in [0.15, 0.2) is 48.5 Å². The lowest BCUT2D eigenvalue weighted by molar-refractivity contribution is -0.141. The van der Waals surface area contributed by atoms with Crippen molar-refractivity contribution in [1.82, 2.24) is 10.2 Å². The molecule has 2 rings (SSSR count). The number of rotatable bonds is 8. The molecule has 0 spiro atoms. The van der Waals surface area contributed by atoms with Gasteiger partial charge in [0.05, 0.1) is 6.42 Å². The molecule has 2 aromatic carbocycles. The predicted octanol–water partition coefficient (Wildman–Crippen LogP) is 4.35. The highest BCUT2D eigenvalue weighted by Gasteiger charge is 2.28. The molecule has 0 aliphatic heterocycles. The maximum atomic E-state index is 13.2. The fourth-order valence-electron chi connectivity index (χ4n) is 2.97. The van der Waals surface area contributed by atoms with Crippen LogP contribution in [-0.2, 0) is 22.6 Å². The summed E-state index contributed by atoms with van der Waals surface area (Å²) in [6.45, 7) is 5.86. The van der Waals surface area contributed by atoms with Crippen LogP contribution in [0, 0.1) is 5.82 Å². The van der Waals surface area contributed by atoms with Crippen LogP contribution in [0.1, 0.15) is 38.3 Å². The molecule has 2 amide bonds. The van der Waals surface area contributed by atoms with E-state index in [0.29, 0.717) is 11.4 Å². The quantitative estimate of drug-likeness (QED) is 0.710. The van der Waals surface area contributed by atoms with Crippen molar-refractivity contribution in [3.8, 4) is 0 Å². The van der Waals surface area contributed by atoms with Crippen LogP contribution < -0.4 is 5.32 Å². The Labute approximate surface area is 170 Å². The second kappa shape index (κ2) is 10.2. The van der Waals surface area contributed by atoms with E-state index in [0.717, 1.165) is 11.1 Å². The highest BCUT2D eigenvalue weighted by atomic mass is 35.5. The third-order valence-corrected chi connectivity index (χ3v) is 4.60. The summed E-state index contributed by atoms with van der Waals surface area (Å²) in [5.41, 5.74) is 1.58. The Morgan fingerprint density at radius 3 is 2.14 bits per heavy atom. The first-order valence-corrected chi connectivity index (χ1v) is 9.76. The number of nitrogens with one attached hydrogen (secondary N) is 1. The van der Waals surface area contributed by atoms with Gasteiger partial charge in [-0.05, 0) is 55.7 Å². The number of carbonyl (C=O) groups excluding carboxylic acids is 2. The van der Waals surface area contributed by atoms with Gasteiger partial charge in [0, 0.05) is 17.6 Å². The van der Waals surface area contributed by atoms with Gasteiger partial charge in [-0.2, -0.15) is 0 Å². The van der Waals surface area contributed by atoms with E-state index in [1.54, 1.807) is 41.3 Å². The number of hydrogen-bond acceptors (Lipinski definition) is 2. The number of hydrogen-bond donors (Lipinski definition) is 1. The van der Waals surface area contributed by atoms with Gasteiger partial charge in [-0.15, -0.1) is 0 Å². The molecule has 150 valence electrons. The molecular formula is C22H26ClFN2O2. The molecule has 2 aromatic rings. The maximum absolute atomic E-state index is 13.2. The molecule has 0 radical (unpaired) electrons. The molecule has 1 N–H and O–H groups in total. The van der Waals surface area contributed by atoms with Gasteiger partial charge in [0.25, 0.3) is 0 Å². The number of amides is 2. The third kappa shape index (κ3) is 6.34. The maximum Gasteiger partial charge on any atom is 0.243 e. The summed E-state index contributed by atoms with van der Waals surface area (Å²) in [5, 5.41) is 3.48. The second-order valence-electron chi connectivity index (χ2n) is 7.04. The normalized spacial score (nSPS) is 11.9. The van der Waals surface area contributed by atoms with E-state index in [1.807, 2.05) is 20.8 Å². The van der Waals surface area contributed by atoms with E-state index in [2.05, 4.69) is 5.32 Å². The van der Waals surface area contributed by atoms with E-state index >= 15 is 0 Å². The Hall–Kier alpha value is -2.40. The van der Waals surface area contributed by atoms with Crippen LogP contribution >= 0.6 is 11.6 Å². The van der Waals surface area contributed by atoms with Gasteiger partial charge >= 0.3 is 0 Å². The van der Waals surface area contributed by atoms with Crippen LogP contribution in [0.5, 0.6) is 0 Å². The Morgan fingerprint density at radius 1 is 1.04 bits per heavy atom. The average molecular weight is 405 g/mol. The van der Waals surface area contributed by atoms with Crippen molar-refractivity contribution in [2.75, 3.05) is 0 Å². The first-order valence-electron chi connectivity index (χ1n) is 9.39. The number of carbonyl (C=O) groups is 2. The zero-order valence-corrected chi connectivity index (χ0v) is 17.2. The van der Waals surface area contributed by atoms with Crippen molar-refractivity contribution >= 4 is 23.4 Å². The highest BCUT2D eigenvalue weighted by molar-refractivity contribution is 6.30. The first-order chi connectivity index (χ1) is 13.3. The number of halogens is 2. The van der Waals surface area contributed by atoms with E-state index in [1.165, 1.54) is 12.1 Å². The monoisotopic (exact) mass is 404 g/mol. The SMILES string of the molecule is CC[C@H](C(=O)NC(C)C)N(Cc1ccc(F)cc1)C(=O)Cc1ccc(Cl)cc1. The third-order valence-electron chi connectivity index (χ3n) is 4.35. The average Bonchev–Trinajstić information content (AvgIpc) is 2.64. The molecule has 0 fully saturated rings. The molecule has 28 heavy (non-hydrogen) atoms. The molecule has 0 saturated heterocycles. The molecule has 4 nitrogen and oxygen atoms in total. The van der Waals surface area contributed by atoms with Crippen LogP contribution in [0.2, 0.25) is 5.02 Å². The minimum atomic E-state index is -0.604. The second-order valence-corrected chi connectivity index (χ2v) is 7.48. The topological polar surface area (TPSA) is 49.4 Å². The van der Waals surface area contributed by atoms with Gasteiger partial charge in [-0.25, -0.2) is 4.39 Å². The molecule has 0 aliphatic rings. The Balaban J connectivity index is 2.27. The summed E-state index contributed by atoms with van der Waals surface area (Å²) in [6, 6.07) is 12.4. The van der Waals surface area contributed by atoms with Crippen molar-refractivity contribution in [2.24, 2.45) is 0 Å². The van der Waals surface area contributed by atoms with Gasteiger partial charge in [-0.1, -0.05) is 42.8 Å². The van der Waals surface area contributed by atoms with Crippen LogP contribution in [-0.4, -0.2) is 28.8 Å². The van der Waals surface area contributed by atoms with Crippen molar-refractivity contribution in [3.05, 3.63) is 70.5 Å². The Kier molecular flexibility index (Phi) is 8.00. The van der Waals surface area contributed by atoms with Gasteiger partial charge in [0.2, 0.25) is 11.8 Å². The first kappa shape index (κ1) is 21.9. The molecule has 0 unspecified atom stereocenters. The molecule has 6 heteroatoms. The van der Waals surface area contributed by atoms with E-state index in [4.69, 9.17) is 11.6 Å². The van der Waals surface area contributed by atoms with E-state index in [-0.39, 0.29) is 36.6 Å². The van der Waals surface area contributed by atoms with Crippen molar-refractivity contribution in [1.29, 1.82) is 0 Å². The van der Waals surface area contributed by atoms with Crippen molar-refractivity contribution in [3.63, 3.8) is 0 Å². The van der Waals surface area contributed by atoms with Gasteiger partial charge in [0.1, 0.15) is 11.9 Å². The summed E-state index contributed by atoms with van der Waals surface area (Å²) in [6.07, 6.45) is 0.635. The summed E-state index contributed by atoms with van der Waals surface area (Å²) in [4.78, 5) is 27.4. The summed E-state index contributed by atoms with van der Waals surface area (Å²) in [7, 11) is 0. The lowest BCUT2D eigenvalue weighted by atomic mass is 10.1. The zero-order chi connectivity index (χ0) is 20.7. The van der Waals surface area contributed by atoms with Gasteiger partial charge < -0.3 is 10.2 Å². The predicted molar refractivity (Wildman–Crippen MR) is 109 cm³/mol. The lowest BCUT2D eigenvalue weighted by Crippen LogP contribution is -2.50. The molecule has 0 saturated carbocycles. The Bertz CT molecular complexity index is 791. The highest BCUT2D eigenvalue weighted by Crippen LogP contribution is 2.16. The fourth-order valence-corrected chi connectivity index (χ4v) is 3.09. The fraction of sp³-hybridized carbons (Fsp3) is 0.364. The molecular weight excluding hydrogens is 379 g/mol. The number of nitrogens with zero attached hydrogens (tertiary/aromatic N) is 1. The largest absolute Gasteiger partial charge is 0.352 e. The molecule has 0 aromatic heterocycles. The lowest BCUT2D eigenvalue weighted by Gasteiger charge is -2.31. The smallest absolute Gasteiger partial charge is 0.243 e. The minimum absolute atomic E-state index is 0.0272. The van der Waals surface area contributed by atoms with E-state index < -0.39 is 6.04 Å². The van der Waals surface area contributed by atoms with Crippen molar-refractivity contribution < 1.29 is 14.0 Å². The standard InChI is InChI=1S/C22H26ClFN2O2/c1-4-20(22(28)25-15(2)3)26(14-17-7-11-19(24)12-8-17)21(27)13-16-5-9-18(23)10-6-16/h5-12,15,20H,4,13-14H2,1-3H3,(H,25,28)/t20-/m1/s1. The zero-order valence-electron chi connectivity index (χ0n) is 16.4. The van der Waals surface area contributed by atoms with Crippen molar-refractivity contribution in [2.45, 2.75) is 52.2 Å². The van der Waals surface area contributed by atoms with E-state index in [9.17, 15) is 14.0 Å². The number of benzene rings is 2. The van der Waals surface area contributed by atoms with Crippen LogP contribution in [0.3, 0.4) is 0 Å². The van der Waals surface area contributed by atoms with Gasteiger partial charge in [0.15, 0.2) is 0 Å².